The van der Waals surface area contributed by atoms with Gasteiger partial charge in [-0.1, -0.05) is 0 Å². The van der Waals surface area contributed by atoms with Gasteiger partial charge in [0.25, 0.3) is 6.01 Å². The molecule has 0 fully saturated rings. The van der Waals surface area contributed by atoms with E-state index in [1.807, 2.05) is 13.8 Å². The van der Waals surface area contributed by atoms with Crippen molar-refractivity contribution in [3.8, 4) is 0 Å². The highest BCUT2D eigenvalue weighted by Crippen LogP contribution is 2.17. The highest BCUT2D eigenvalue weighted by atomic mass is 16.4. The second-order valence-electron chi connectivity index (χ2n) is 4.52. The van der Waals surface area contributed by atoms with Gasteiger partial charge < -0.3 is 15.1 Å². The van der Waals surface area contributed by atoms with Crippen LogP contribution in [0.3, 0.4) is 0 Å². The van der Waals surface area contributed by atoms with Crippen molar-refractivity contribution in [3.05, 3.63) is 28.6 Å². The molecular formula is C13H15N3O3. The summed E-state index contributed by atoms with van der Waals surface area (Å²) in [5, 5.41) is 5.96. The molecule has 1 amide bonds. The van der Waals surface area contributed by atoms with E-state index in [0.29, 0.717) is 16.6 Å². The van der Waals surface area contributed by atoms with Crippen molar-refractivity contribution in [2.24, 2.45) is 0 Å². The smallest absolute Gasteiger partial charge is 0.348 e. The van der Waals surface area contributed by atoms with E-state index in [0.717, 1.165) is 0 Å². The van der Waals surface area contributed by atoms with E-state index < -0.39 is 5.63 Å². The summed E-state index contributed by atoms with van der Waals surface area (Å²) in [5.74, 6) is -0.178. The van der Waals surface area contributed by atoms with Gasteiger partial charge in [0.15, 0.2) is 0 Å². The van der Waals surface area contributed by atoms with Gasteiger partial charge in [-0.2, -0.15) is 4.98 Å². The molecule has 6 nitrogen and oxygen atoms in total. The fourth-order valence-electron chi connectivity index (χ4n) is 1.66. The molecule has 0 aliphatic heterocycles. The van der Waals surface area contributed by atoms with Crippen LogP contribution in [0.15, 0.2) is 27.4 Å². The van der Waals surface area contributed by atoms with Crippen molar-refractivity contribution in [3.63, 3.8) is 0 Å². The molecule has 0 bridgehead atoms. The second-order valence-corrected chi connectivity index (χ2v) is 4.52. The number of rotatable bonds is 3. The Kier molecular flexibility index (Phi) is 3.50. The summed E-state index contributed by atoms with van der Waals surface area (Å²) in [6.45, 7) is 5.25. The highest BCUT2D eigenvalue weighted by molar-refractivity contribution is 5.91. The van der Waals surface area contributed by atoms with E-state index >= 15 is 0 Å². The van der Waals surface area contributed by atoms with Crippen LogP contribution in [0.2, 0.25) is 0 Å². The predicted molar refractivity (Wildman–Crippen MR) is 73.3 cm³/mol. The first kappa shape index (κ1) is 13.1. The molecule has 1 aromatic heterocycles. The molecule has 0 atom stereocenters. The topological polar surface area (TPSA) is 84.2 Å². The lowest BCUT2D eigenvalue weighted by atomic mass is 10.2. The molecule has 2 N–H and O–H groups in total. The van der Waals surface area contributed by atoms with Crippen LogP contribution in [0.25, 0.3) is 10.9 Å². The lowest BCUT2D eigenvalue weighted by molar-refractivity contribution is -0.114. The summed E-state index contributed by atoms with van der Waals surface area (Å²) in [4.78, 5) is 27.0. The lowest BCUT2D eigenvalue weighted by Gasteiger charge is -2.08. The van der Waals surface area contributed by atoms with Crippen molar-refractivity contribution in [2.75, 3.05) is 10.6 Å². The number of carbonyl (C=O) groups is 1. The van der Waals surface area contributed by atoms with Crippen molar-refractivity contribution in [2.45, 2.75) is 26.8 Å². The Morgan fingerprint density at radius 1 is 1.37 bits per heavy atom. The quantitative estimate of drug-likeness (QED) is 0.882. The monoisotopic (exact) mass is 261 g/mol. The van der Waals surface area contributed by atoms with E-state index in [9.17, 15) is 9.59 Å². The number of nitrogens with one attached hydrogen (secondary N) is 2. The van der Waals surface area contributed by atoms with Gasteiger partial charge in [-0.15, -0.1) is 0 Å². The first-order valence-electron chi connectivity index (χ1n) is 5.95. The number of benzene rings is 1. The van der Waals surface area contributed by atoms with E-state index in [1.54, 1.807) is 18.2 Å². The van der Waals surface area contributed by atoms with Gasteiger partial charge in [-0.25, -0.2) is 4.79 Å². The normalized spacial score (nSPS) is 10.7. The molecule has 1 aromatic carbocycles. The van der Waals surface area contributed by atoms with Gasteiger partial charge in [0.1, 0.15) is 0 Å². The Morgan fingerprint density at radius 3 is 2.74 bits per heavy atom. The van der Waals surface area contributed by atoms with Crippen LogP contribution < -0.4 is 16.3 Å². The minimum atomic E-state index is -0.456. The number of carbonyl (C=O) groups excluding carboxylic acids is 1. The van der Waals surface area contributed by atoms with Crippen LogP contribution >= 0.6 is 0 Å². The summed E-state index contributed by atoms with van der Waals surface area (Å²) >= 11 is 0. The first-order valence-corrected chi connectivity index (χ1v) is 5.95. The molecule has 19 heavy (non-hydrogen) atoms. The van der Waals surface area contributed by atoms with Crippen LogP contribution in [0.4, 0.5) is 11.7 Å². The fraction of sp³-hybridized carbons (Fsp3) is 0.308. The predicted octanol–water partition coefficient (Wildman–Crippen LogP) is 1.97. The molecule has 0 aliphatic carbocycles. The number of amides is 1. The molecule has 6 heteroatoms. The van der Waals surface area contributed by atoms with Crippen molar-refractivity contribution < 1.29 is 9.21 Å². The summed E-state index contributed by atoms with van der Waals surface area (Å²) < 4.78 is 5.06. The largest absolute Gasteiger partial charge is 0.389 e. The summed E-state index contributed by atoms with van der Waals surface area (Å²) in [7, 11) is 0. The SMILES string of the molecule is CC(=O)Nc1ccc2c(=O)oc(NC(C)C)nc2c1. The van der Waals surface area contributed by atoms with Gasteiger partial charge in [0.05, 0.1) is 10.9 Å². The highest BCUT2D eigenvalue weighted by Gasteiger charge is 2.08. The number of hydrogen-bond acceptors (Lipinski definition) is 5. The first-order chi connectivity index (χ1) is 8.95. The van der Waals surface area contributed by atoms with Gasteiger partial charge in [-0.05, 0) is 32.0 Å². The molecule has 2 aromatic rings. The number of aromatic nitrogens is 1. The second kappa shape index (κ2) is 5.09. The molecule has 100 valence electrons. The lowest BCUT2D eigenvalue weighted by Crippen LogP contribution is -2.14. The number of hydrogen-bond donors (Lipinski definition) is 2. The van der Waals surface area contributed by atoms with Gasteiger partial charge in [-0.3, -0.25) is 4.79 Å². The third kappa shape index (κ3) is 3.09. The average Bonchev–Trinajstić information content (AvgIpc) is 2.26. The maximum absolute atomic E-state index is 11.8. The molecular weight excluding hydrogens is 246 g/mol. The van der Waals surface area contributed by atoms with Crippen molar-refractivity contribution in [1.29, 1.82) is 0 Å². The molecule has 0 aliphatic rings. The zero-order chi connectivity index (χ0) is 14.0. The summed E-state index contributed by atoms with van der Waals surface area (Å²) in [5.41, 5.74) is 0.613. The van der Waals surface area contributed by atoms with E-state index in [1.165, 1.54) is 6.92 Å². The number of anilines is 2. The Morgan fingerprint density at radius 2 is 2.11 bits per heavy atom. The number of fused-ring (bicyclic) bond motifs is 1. The van der Waals surface area contributed by atoms with Crippen molar-refractivity contribution in [1.82, 2.24) is 4.98 Å². The Bertz CT molecular complexity index is 676. The van der Waals surface area contributed by atoms with E-state index in [4.69, 9.17) is 4.42 Å². The average molecular weight is 261 g/mol. The van der Waals surface area contributed by atoms with Crippen LogP contribution in [0.5, 0.6) is 0 Å². The maximum Gasteiger partial charge on any atom is 0.348 e. The van der Waals surface area contributed by atoms with E-state index in [-0.39, 0.29) is 18.0 Å². The fourth-order valence-corrected chi connectivity index (χ4v) is 1.66. The Balaban J connectivity index is 2.50. The third-order valence-corrected chi connectivity index (χ3v) is 2.36. The minimum absolute atomic E-state index is 0.103. The Labute approximate surface area is 109 Å². The zero-order valence-electron chi connectivity index (χ0n) is 11.0. The van der Waals surface area contributed by atoms with Crippen LogP contribution in [0.1, 0.15) is 20.8 Å². The van der Waals surface area contributed by atoms with Crippen LogP contribution in [-0.4, -0.2) is 16.9 Å². The van der Waals surface area contributed by atoms with Crippen LogP contribution in [0, 0.1) is 0 Å². The van der Waals surface area contributed by atoms with Gasteiger partial charge in [0.2, 0.25) is 5.91 Å². The summed E-state index contributed by atoms with van der Waals surface area (Å²) in [6.07, 6.45) is 0. The molecule has 0 spiro atoms. The summed E-state index contributed by atoms with van der Waals surface area (Å²) in [6, 6.07) is 5.13. The molecule has 1 heterocycles. The van der Waals surface area contributed by atoms with Gasteiger partial charge in [0, 0.05) is 18.7 Å². The van der Waals surface area contributed by atoms with Crippen molar-refractivity contribution >= 4 is 28.5 Å². The molecule has 0 radical (unpaired) electrons. The molecule has 0 saturated carbocycles. The molecule has 0 unspecified atom stereocenters. The third-order valence-electron chi connectivity index (χ3n) is 2.36. The number of nitrogens with zero attached hydrogens (tertiary/aromatic N) is 1. The van der Waals surface area contributed by atoms with Gasteiger partial charge >= 0.3 is 5.63 Å². The molecule has 2 rings (SSSR count). The Hall–Kier alpha value is -2.37. The van der Waals surface area contributed by atoms with Crippen LogP contribution in [-0.2, 0) is 4.79 Å². The zero-order valence-corrected chi connectivity index (χ0v) is 11.0. The van der Waals surface area contributed by atoms with E-state index in [2.05, 4.69) is 15.6 Å². The maximum atomic E-state index is 11.8. The molecule has 0 saturated heterocycles. The minimum Gasteiger partial charge on any atom is -0.389 e. The standard InChI is InChI=1S/C13H15N3O3/c1-7(2)14-13-16-11-6-9(15-8(3)17)4-5-10(11)12(18)19-13/h4-7H,1-3H3,(H,14,16)(H,15,17).